The Hall–Kier alpha value is -2.11. The lowest BCUT2D eigenvalue weighted by atomic mass is 10.1. The van der Waals surface area contributed by atoms with Gasteiger partial charge in [-0.2, -0.15) is 0 Å². The average Bonchev–Trinajstić information content (AvgIpc) is 3.26. The first-order chi connectivity index (χ1) is 12.8. The van der Waals surface area contributed by atoms with E-state index in [4.69, 9.17) is 0 Å². The third-order valence-corrected chi connectivity index (χ3v) is 6.27. The summed E-state index contributed by atoms with van der Waals surface area (Å²) in [5.41, 5.74) is 2.51. The normalized spacial score (nSPS) is 11.3. The van der Waals surface area contributed by atoms with E-state index in [0.29, 0.717) is 0 Å². The SMILES string of the molecule is CCCn1c(SCc2cccc3ccccc23)nnc1-c1csc(C)c1. The molecule has 132 valence electrons. The summed E-state index contributed by atoms with van der Waals surface area (Å²) >= 11 is 3.53. The van der Waals surface area contributed by atoms with Crippen molar-refractivity contribution in [2.45, 2.75) is 37.7 Å². The predicted octanol–water partition coefficient (Wildman–Crippen LogP) is 6.17. The van der Waals surface area contributed by atoms with Crippen molar-refractivity contribution in [2.24, 2.45) is 0 Å². The molecule has 5 heteroatoms. The number of rotatable bonds is 6. The van der Waals surface area contributed by atoms with E-state index in [1.54, 1.807) is 23.1 Å². The van der Waals surface area contributed by atoms with E-state index >= 15 is 0 Å². The van der Waals surface area contributed by atoms with E-state index in [9.17, 15) is 0 Å². The molecule has 2 aromatic heterocycles. The number of hydrogen-bond acceptors (Lipinski definition) is 4. The molecule has 0 amide bonds. The molecule has 0 N–H and O–H groups in total. The van der Waals surface area contributed by atoms with Crippen molar-refractivity contribution in [2.75, 3.05) is 0 Å². The van der Waals surface area contributed by atoms with Crippen LogP contribution < -0.4 is 0 Å². The van der Waals surface area contributed by atoms with E-state index in [1.165, 1.54) is 26.8 Å². The van der Waals surface area contributed by atoms with Crippen LogP contribution in [0.25, 0.3) is 22.2 Å². The molecule has 26 heavy (non-hydrogen) atoms. The smallest absolute Gasteiger partial charge is 0.191 e. The van der Waals surface area contributed by atoms with Crippen LogP contribution in [-0.2, 0) is 12.3 Å². The molecular formula is C21H21N3S2. The summed E-state index contributed by atoms with van der Waals surface area (Å²) in [6, 6.07) is 17.3. The molecule has 0 saturated heterocycles. The number of nitrogens with zero attached hydrogens (tertiary/aromatic N) is 3. The Morgan fingerprint density at radius 3 is 2.73 bits per heavy atom. The van der Waals surface area contributed by atoms with Crippen molar-refractivity contribution < 1.29 is 0 Å². The van der Waals surface area contributed by atoms with E-state index < -0.39 is 0 Å². The van der Waals surface area contributed by atoms with Crippen molar-refractivity contribution >= 4 is 33.9 Å². The topological polar surface area (TPSA) is 30.7 Å². The molecule has 4 aromatic rings. The monoisotopic (exact) mass is 379 g/mol. The maximum atomic E-state index is 4.50. The van der Waals surface area contributed by atoms with Crippen LogP contribution in [0.1, 0.15) is 23.8 Å². The first kappa shape index (κ1) is 17.3. The highest BCUT2D eigenvalue weighted by Crippen LogP contribution is 2.30. The van der Waals surface area contributed by atoms with E-state index in [-0.39, 0.29) is 0 Å². The van der Waals surface area contributed by atoms with Gasteiger partial charge in [-0.05, 0) is 35.7 Å². The minimum absolute atomic E-state index is 0.895. The minimum Gasteiger partial charge on any atom is -0.302 e. The summed E-state index contributed by atoms with van der Waals surface area (Å²) in [5.74, 6) is 1.88. The van der Waals surface area contributed by atoms with Crippen LogP contribution in [0.3, 0.4) is 0 Å². The second kappa shape index (κ2) is 7.64. The molecule has 2 heterocycles. The third kappa shape index (κ3) is 3.41. The molecule has 0 radical (unpaired) electrons. The largest absolute Gasteiger partial charge is 0.302 e. The van der Waals surface area contributed by atoms with Gasteiger partial charge in [0, 0.05) is 28.1 Å². The molecule has 0 saturated carbocycles. The van der Waals surface area contributed by atoms with Gasteiger partial charge in [0.05, 0.1) is 0 Å². The summed E-state index contributed by atoms with van der Waals surface area (Å²) in [7, 11) is 0. The van der Waals surface area contributed by atoms with Gasteiger partial charge in [-0.25, -0.2) is 0 Å². The fourth-order valence-corrected chi connectivity index (χ4v) is 4.81. The van der Waals surface area contributed by atoms with Crippen LogP contribution in [0.5, 0.6) is 0 Å². The lowest BCUT2D eigenvalue weighted by Crippen LogP contribution is -2.01. The van der Waals surface area contributed by atoms with Crippen LogP contribution in [0.4, 0.5) is 0 Å². The van der Waals surface area contributed by atoms with E-state index in [1.807, 2.05) is 0 Å². The molecule has 0 fully saturated rings. The van der Waals surface area contributed by atoms with Crippen LogP contribution >= 0.6 is 23.1 Å². The Balaban J connectivity index is 1.63. The number of aromatic nitrogens is 3. The molecule has 0 unspecified atom stereocenters. The average molecular weight is 380 g/mol. The predicted molar refractivity (Wildman–Crippen MR) is 112 cm³/mol. The zero-order valence-electron chi connectivity index (χ0n) is 15.0. The number of thiophene rings is 1. The zero-order valence-corrected chi connectivity index (χ0v) is 16.6. The lowest BCUT2D eigenvalue weighted by Gasteiger charge is -2.09. The fraction of sp³-hybridized carbons (Fsp3) is 0.238. The van der Waals surface area contributed by atoms with E-state index in [2.05, 4.69) is 82.5 Å². The van der Waals surface area contributed by atoms with Crippen molar-refractivity contribution in [3.05, 3.63) is 64.4 Å². The first-order valence-electron chi connectivity index (χ1n) is 8.84. The van der Waals surface area contributed by atoms with Crippen molar-refractivity contribution in [1.29, 1.82) is 0 Å². The molecule has 0 aliphatic rings. The Bertz CT molecular complexity index is 1030. The second-order valence-corrected chi connectivity index (χ2v) is 8.39. The van der Waals surface area contributed by atoms with Gasteiger partial charge in [0.2, 0.25) is 0 Å². The van der Waals surface area contributed by atoms with Crippen LogP contribution in [-0.4, -0.2) is 14.8 Å². The molecule has 2 aromatic carbocycles. The van der Waals surface area contributed by atoms with Crippen LogP contribution in [0, 0.1) is 6.92 Å². The second-order valence-electron chi connectivity index (χ2n) is 6.33. The number of aryl methyl sites for hydroxylation is 1. The van der Waals surface area contributed by atoms with Crippen molar-refractivity contribution in [1.82, 2.24) is 14.8 Å². The minimum atomic E-state index is 0.895. The van der Waals surface area contributed by atoms with Gasteiger partial charge in [-0.3, -0.25) is 0 Å². The molecule has 0 spiro atoms. The first-order valence-corrected chi connectivity index (χ1v) is 10.7. The Morgan fingerprint density at radius 1 is 1.08 bits per heavy atom. The van der Waals surface area contributed by atoms with Crippen molar-refractivity contribution in [3.63, 3.8) is 0 Å². The highest BCUT2D eigenvalue weighted by atomic mass is 32.2. The van der Waals surface area contributed by atoms with Gasteiger partial charge in [-0.1, -0.05) is 61.2 Å². The number of fused-ring (bicyclic) bond motifs is 1. The summed E-state index contributed by atoms with van der Waals surface area (Å²) in [5, 5.41) is 14.8. The Morgan fingerprint density at radius 2 is 1.92 bits per heavy atom. The van der Waals surface area contributed by atoms with Crippen molar-refractivity contribution in [3.8, 4) is 11.4 Å². The Kier molecular flexibility index (Phi) is 5.09. The summed E-state index contributed by atoms with van der Waals surface area (Å²) < 4.78 is 2.26. The number of benzene rings is 2. The number of hydrogen-bond donors (Lipinski definition) is 0. The Labute approximate surface area is 162 Å². The van der Waals surface area contributed by atoms with Gasteiger partial charge < -0.3 is 4.57 Å². The van der Waals surface area contributed by atoms with E-state index in [0.717, 1.165) is 29.7 Å². The fourth-order valence-electron chi connectivity index (χ4n) is 3.16. The summed E-state index contributed by atoms with van der Waals surface area (Å²) in [6.07, 6.45) is 1.07. The maximum absolute atomic E-state index is 4.50. The number of thioether (sulfide) groups is 1. The summed E-state index contributed by atoms with van der Waals surface area (Å²) in [4.78, 5) is 1.30. The van der Waals surface area contributed by atoms with Crippen LogP contribution in [0.15, 0.2) is 59.1 Å². The molecule has 0 aliphatic heterocycles. The van der Waals surface area contributed by atoms with Gasteiger partial charge >= 0.3 is 0 Å². The zero-order chi connectivity index (χ0) is 17.9. The summed E-state index contributed by atoms with van der Waals surface area (Å²) in [6.45, 7) is 5.27. The molecule has 0 atom stereocenters. The highest BCUT2D eigenvalue weighted by molar-refractivity contribution is 7.98. The molecule has 0 bridgehead atoms. The van der Waals surface area contributed by atoms with Gasteiger partial charge in [0.25, 0.3) is 0 Å². The highest BCUT2D eigenvalue weighted by Gasteiger charge is 2.15. The quantitative estimate of drug-likeness (QED) is 0.375. The molecular weight excluding hydrogens is 358 g/mol. The molecule has 0 aliphatic carbocycles. The maximum Gasteiger partial charge on any atom is 0.191 e. The van der Waals surface area contributed by atoms with Crippen LogP contribution in [0.2, 0.25) is 0 Å². The third-order valence-electron chi connectivity index (χ3n) is 4.39. The van der Waals surface area contributed by atoms with Gasteiger partial charge in [-0.15, -0.1) is 21.5 Å². The molecule has 3 nitrogen and oxygen atoms in total. The molecule has 4 rings (SSSR count). The van der Waals surface area contributed by atoms with Gasteiger partial charge in [0.1, 0.15) is 0 Å². The lowest BCUT2D eigenvalue weighted by molar-refractivity contribution is 0.626. The standard InChI is InChI=1S/C21H21N3S2/c1-3-11-24-20(18-12-15(2)25-14-18)22-23-21(24)26-13-17-9-6-8-16-7-4-5-10-19(16)17/h4-10,12,14H,3,11,13H2,1-2H3. The van der Waals surface area contributed by atoms with Gasteiger partial charge in [0.15, 0.2) is 11.0 Å².